The molecule has 0 radical (unpaired) electrons. The number of nitrogens with one attached hydrogen (secondary N) is 1. The summed E-state index contributed by atoms with van der Waals surface area (Å²) in [5, 5.41) is 9.87. The molecule has 0 bridgehead atoms. The van der Waals surface area contributed by atoms with Crippen molar-refractivity contribution in [2.24, 2.45) is 0 Å². The Balaban J connectivity index is 1.41. The zero-order valence-electron chi connectivity index (χ0n) is 18.5. The number of carbonyl (C=O) groups is 1. The summed E-state index contributed by atoms with van der Waals surface area (Å²) in [6.45, 7) is 2.17. The van der Waals surface area contributed by atoms with Gasteiger partial charge in [0.05, 0.1) is 23.3 Å². The Kier molecular flexibility index (Phi) is 5.98. The molecule has 0 unspecified atom stereocenters. The number of aromatic nitrogens is 3. The van der Waals surface area contributed by atoms with E-state index in [1.165, 1.54) is 44.2 Å². The Bertz CT molecular complexity index is 1350. The molecule has 1 saturated heterocycles. The lowest BCUT2D eigenvalue weighted by Crippen LogP contribution is -2.29. The van der Waals surface area contributed by atoms with Gasteiger partial charge in [0.15, 0.2) is 5.65 Å². The number of piperidine rings is 1. The van der Waals surface area contributed by atoms with E-state index in [0.717, 1.165) is 18.7 Å². The molecule has 2 N–H and O–H groups in total. The van der Waals surface area contributed by atoms with Crippen molar-refractivity contribution in [3.63, 3.8) is 0 Å². The second-order valence-corrected chi connectivity index (χ2v) is 8.50. The number of aromatic carboxylic acids is 1. The predicted molar refractivity (Wildman–Crippen MR) is 130 cm³/mol. The predicted octanol–water partition coefficient (Wildman–Crippen LogP) is 5.77. The Morgan fingerprint density at radius 3 is 2.53 bits per heavy atom. The van der Waals surface area contributed by atoms with Crippen LogP contribution in [0.25, 0.3) is 22.4 Å². The summed E-state index contributed by atoms with van der Waals surface area (Å²) in [4.78, 5) is 25.9. The Hall–Kier alpha value is -3.78. The van der Waals surface area contributed by atoms with Crippen molar-refractivity contribution in [2.45, 2.75) is 19.3 Å². The molecule has 2 aromatic heterocycles. The highest BCUT2D eigenvalue weighted by atomic mass is 35.5. The van der Waals surface area contributed by atoms with Gasteiger partial charge in [-0.3, -0.25) is 0 Å². The number of aromatic amines is 1. The number of fused-ring (bicyclic) bond motifs is 1. The summed E-state index contributed by atoms with van der Waals surface area (Å²) < 4.78 is 10.8. The standard InChI is InChI=1S/C25H23ClN4O4/c1-33-21-10-9-17(13-18(21)24(31)32)34-25-27-20-14-19(26)22(28-23(20)29-25)15-5-7-16(8-6-15)30-11-3-2-4-12-30/h5-10,13-14H,2-4,11-12H2,1H3,(H,31,32)(H,27,28,29). The van der Waals surface area contributed by atoms with Gasteiger partial charge in [0.2, 0.25) is 0 Å². The fraction of sp³-hybridized carbons (Fsp3) is 0.240. The van der Waals surface area contributed by atoms with E-state index >= 15 is 0 Å². The van der Waals surface area contributed by atoms with Crippen LogP contribution in [0.4, 0.5) is 5.69 Å². The van der Waals surface area contributed by atoms with Crippen molar-refractivity contribution in [1.82, 2.24) is 15.0 Å². The summed E-state index contributed by atoms with van der Waals surface area (Å²) in [7, 11) is 1.41. The average Bonchev–Trinajstić information content (AvgIpc) is 3.25. The van der Waals surface area contributed by atoms with Crippen LogP contribution in [0.3, 0.4) is 0 Å². The molecule has 8 nitrogen and oxygen atoms in total. The van der Waals surface area contributed by atoms with E-state index in [1.807, 2.05) is 12.1 Å². The lowest BCUT2D eigenvalue weighted by molar-refractivity contribution is 0.0693. The van der Waals surface area contributed by atoms with Crippen LogP contribution in [0.2, 0.25) is 5.02 Å². The van der Waals surface area contributed by atoms with Crippen molar-refractivity contribution in [3.8, 4) is 28.8 Å². The molecule has 0 aliphatic carbocycles. The molecular weight excluding hydrogens is 456 g/mol. The fourth-order valence-electron chi connectivity index (χ4n) is 4.16. The Morgan fingerprint density at radius 1 is 1.06 bits per heavy atom. The number of halogens is 1. The van der Waals surface area contributed by atoms with Crippen LogP contribution >= 0.6 is 11.6 Å². The van der Waals surface area contributed by atoms with Gasteiger partial charge in [-0.05, 0) is 55.7 Å². The van der Waals surface area contributed by atoms with Gasteiger partial charge in [0, 0.05) is 24.3 Å². The van der Waals surface area contributed by atoms with Crippen LogP contribution in [0.15, 0.2) is 48.5 Å². The highest BCUT2D eigenvalue weighted by molar-refractivity contribution is 6.33. The first kappa shape index (κ1) is 22.0. The maximum absolute atomic E-state index is 11.5. The highest BCUT2D eigenvalue weighted by Gasteiger charge is 2.16. The number of ether oxygens (including phenoxy) is 2. The summed E-state index contributed by atoms with van der Waals surface area (Å²) in [5.74, 6) is -0.568. The normalized spacial score (nSPS) is 13.8. The number of benzene rings is 2. The first-order chi connectivity index (χ1) is 16.5. The number of imidazole rings is 1. The molecule has 34 heavy (non-hydrogen) atoms. The number of rotatable bonds is 6. The topological polar surface area (TPSA) is 101 Å². The van der Waals surface area contributed by atoms with Gasteiger partial charge in [-0.1, -0.05) is 23.7 Å². The molecule has 0 spiro atoms. The van der Waals surface area contributed by atoms with Crippen LogP contribution in [0.5, 0.6) is 17.5 Å². The van der Waals surface area contributed by atoms with E-state index in [-0.39, 0.29) is 17.3 Å². The van der Waals surface area contributed by atoms with Gasteiger partial charge >= 0.3 is 12.0 Å². The number of carboxylic acids is 1. The minimum absolute atomic E-state index is 0.00688. The second-order valence-electron chi connectivity index (χ2n) is 8.10. The highest BCUT2D eigenvalue weighted by Crippen LogP contribution is 2.32. The van der Waals surface area contributed by atoms with E-state index in [1.54, 1.807) is 12.1 Å². The zero-order valence-corrected chi connectivity index (χ0v) is 19.3. The van der Waals surface area contributed by atoms with Crippen LogP contribution in [-0.2, 0) is 0 Å². The van der Waals surface area contributed by atoms with Crippen LogP contribution in [-0.4, -0.2) is 46.2 Å². The molecular formula is C25H23ClN4O4. The number of hydrogen-bond acceptors (Lipinski definition) is 6. The molecule has 0 atom stereocenters. The van der Waals surface area contributed by atoms with Crippen molar-refractivity contribution in [3.05, 3.63) is 59.1 Å². The summed E-state index contributed by atoms with van der Waals surface area (Å²) in [5.41, 5.74) is 3.79. The van der Waals surface area contributed by atoms with Crippen molar-refractivity contribution in [1.29, 1.82) is 0 Å². The number of H-pyrrole nitrogens is 1. The first-order valence-corrected chi connectivity index (χ1v) is 11.4. The van der Waals surface area contributed by atoms with Gasteiger partial charge in [-0.2, -0.15) is 4.98 Å². The van der Waals surface area contributed by atoms with Gasteiger partial charge in [-0.15, -0.1) is 0 Å². The first-order valence-electron chi connectivity index (χ1n) is 11.0. The third-order valence-electron chi connectivity index (χ3n) is 5.88. The molecule has 174 valence electrons. The van der Waals surface area contributed by atoms with Gasteiger partial charge in [-0.25, -0.2) is 9.78 Å². The second kappa shape index (κ2) is 9.23. The van der Waals surface area contributed by atoms with E-state index in [0.29, 0.717) is 27.6 Å². The summed E-state index contributed by atoms with van der Waals surface area (Å²) in [6, 6.07) is 14.7. The number of hydrogen-bond donors (Lipinski definition) is 2. The van der Waals surface area contributed by atoms with E-state index < -0.39 is 5.97 Å². The monoisotopic (exact) mass is 478 g/mol. The largest absolute Gasteiger partial charge is 0.496 e. The molecule has 1 fully saturated rings. The number of pyridine rings is 1. The molecule has 0 amide bonds. The van der Waals surface area contributed by atoms with Crippen molar-refractivity contribution in [2.75, 3.05) is 25.1 Å². The minimum atomic E-state index is -1.11. The smallest absolute Gasteiger partial charge is 0.339 e. The lowest BCUT2D eigenvalue weighted by atomic mass is 10.1. The van der Waals surface area contributed by atoms with Gasteiger partial charge in [0.25, 0.3) is 0 Å². The number of methoxy groups -OCH3 is 1. The van der Waals surface area contributed by atoms with Crippen LogP contribution in [0.1, 0.15) is 29.6 Å². The maximum Gasteiger partial charge on any atom is 0.339 e. The summed E-state index contributed by atoms with van der Waals surface area (Å²) >= 11 is 6.54. The molecule has 3 heterocycles. The third kappa shape index (κ3) is 4.36. The van der Waals surface area contributed by atoms with E-state index in [9.17, 15) is 9.90 Å². The minimum Gasteiger partial charge on any atom is -0.496 e. The Labute approximate surface area is 201 Å². The van der Waals surface area contributed by atoms with Crippen LogP contribution < -0.4 is 14.4 Å². The summed E-state index contributed by atoms with van der Waals surface area (Å²) in [6.07, 6.45) is 3.75. The lowest BCUT2D eigenvalue weighted by Gasteiger charge is -2.28. The third-order valence-corrected chi connectivity index (χ3v) is 6.17. The molecule has 4 aromatic rings. The van der Waals surface area contributed by atoms with Gasteiger partial charge in [0.1, 0.15) is 17.1 Å². The van der Waals surface area contributed by atoms with Crippen molar-refractivity contribution < 1.29 is 19.4 Å². The van der Waals surface area contributed by atoms with Crippen molar-refractivity contribution >= 4 is 34.4 Å². The SMILES string of the molecule is COc1ccc(Oc2nc3nc(-c4ccc(N5CCCCC5)cc4)c(Cl)cc3[nH]2)cc1C(=O)O. The molecule has 1 aliphatic rings. The fourth-order valence-corrected chi connectivity index (χ4v) is 4.42. The van der Waals surface area contributed by atoms with Gasteiger partial charge < -0.3 is 24.5 Å². The van der Waals surface area contributed by atoms with E-state index in [4.69, 9.17) is 21.1 Å². The average molecular weight is 479 g/mol. The molecule has 5 rings (SSSR count). The molecule has 1 aliphatic heterocycles. The number of anilines is 1. The Morgan fingerprint density at radius 2 is 1.82 bits per heavy atom. The molecule has 2 aromatic carbocycles. The molecule has 9 heteroatoms. The number of carboxylic acid groups (broad SMARTS) is 1. The number of nitrogens with zero attached hydrogens (tertiary/aromatic N) is 3. The maximum atomic E-state index is 11.5. The van der Waals surface area contributed by atoms with Crippen LogP contribution in [0, 0.1) is 0 Å². The quantitative estimate of drug-likeness (QED) is 0.363. The molecule has 0 saturated carbocycles. The van der Waals surface area contributed by atoms with E-state index in [2.05, 4.69) is 32.0 Å². The zero-order chi connectivity index (χ0) is 23.7.